The minimum atomic E-state index is -4.64. The predicted octanol–water partition coefficient (Wildman–Crippen LogP) is 8.44. The number of benzene rings is 3. The smallest absolute Gasteiger partial charge is 0.416 e. The molecule has 0 unspecified atom stereocenters. The number of methoxy groups -OCH3 is 3. The van der Waals surface area contributed by atoms with E-state index in [9.17, 15) is 56.3 Å². The van der Waals surface area contributed by atoms with Crippen molar-refractivity contribution >= 4 is 29.6 Å². The van der Waals surface area contributed by atoms with Gasteiger partial charge in [0.2, 0.25) is 0 Å². The number of ether oxygens (including phenoxy) is 3. The SMILES string of the molecule is COc1ccc(C(F)(F)F)cc1.COc1ccc(C(F)(F)F)cc1S(=O)(=O)Cc1cccnc1.COc1ccc(C(F)(F)F)cc1S(=O)(=O)Cl. The van der Waals surface area contributed by atoms with Crippen molar-refractivity contribution in [3.63, 3.8) is 0 Å². The molecule has 0 N–H and O–H groups in total. The zero-order valence-corrected chi connectivity index (χ0v) is 28.1. The van der Waals surface area contributed by atoms with Crippen LogP contribution >= 0.6 is 10.7 Å². The molecule has 0 amide bonds. The molecule has 8 nitrogen and oxygen atoms in total. The van der Waals surface area contributed by atoms with Crippen LogP contribution < -0.4 is 14.2 Å². The van der Waals surface area contributed by atoms with E-state index in [-0.39, 0.29) is 11.5 Å². The van der Waals surface area contributed by atoms with Crippen LogP contribution in [-0.4, -0.2) is 43.1 Å². The van der Waals surface area contributed by atoms with Gasteiger partial charge in [0.25, 0.3) is 9.05 Å². The number of hydrogen-bond donors (Lipinski definition) is 0. The Bertz CT molecular complexity index is 1940. The first kappa shape index (κ1) is 41.9. The number of hydrogen-bond acceptors (Lipinski definition) is 8. The fourth-order valence-corrected chi connectivity index (χ4v) is 6.25. The van der Waals surface area contributed by atoms with Crippen molar-refractivity contribution in [1.82, 2.24) is 4.98 Å². The summed E-state index contributed by atoms with van der Waals surface area (Å²) in [6.45, 7) is 0. The van der Waals surface area contributed by atoms with Crippen molar-refractivity contribution in [1.29, 1.82) is 0 Å². The van der Waals surface area contributed by atoms with Crippen LogP contribution in [0.5, 0.6) is 17.2 Å². The minimum Gasteiger partial charge on any atom is -0.497 e. The fraction of sp³-hybridized carbons (Fsp3) is 0.233. The zero-order valence-electron chi connectivity index (χ0n) is 25.7. The number of nitrogens with zero attached hydrogens (tertiary/aromatic N) is 1. The molecule has 20 heteroatoms. The number of halogens is 10. The lowest BCUT2D eigenvalue weighted by Crippen LogP contribution is -2.11. The van der Waals surface area contributed by atoms with Gasteiger partial charge < -0.3 is 14.2 Å². The molecule has 4 aromatic rings. The molecule has 0 spiro atoms. The first-order valence-electron chi connectivity index (χ1n) is 13.2. The maximum Gasteiger partial charge on any atom is 0.416 e. The van der Waals surface area contributed by atoms with Crippen molar-refractivity contribution in [3.8, 4) is 17.2 Å². The third kappa shape index (κ3) is 12.3. The Morgan fingerprint density at radius 3 is 1.44 bits per heavy atom. The highest BCUT2D eigenvalue weighted by Gasteiger charge is 2.34. The van der Waals surface area contributed by atoms with E-state index in [1.54, 1.807) is 6.07 Å². The third-order valence-electron chi connectivity index (χ3n) is 6.08. The Morgan fingerprint density at radius 1 is 0.620 bits per heavy atom. The highest BCUT2D eigenvalue weighted by molar-refractivity contribution is 8.13. The van der Waals surface area contributed by atoms with Gasteiger partial charge in [0.1, 0.15) is 27.0 Å². The summed E-state index contributed by atoms with van der Waals surface area (Å²) in [5.74, 6) is -0.402. The molecule has 50 heavy (non-hydrogen) atoms. The summed E-state index contributed by atoms with van der Waals surface area (Å²) >= 11 is 0. The summed E-state index contributed by atoms with van der Waals surface area (Å²) in [6, 6.07) is 12.0. The number of aromatic nitrogens is 1. The van der Waals surface area contributed by atoms with Crippen LogP contribution in [0.3, 0.4) is 0 Å². The lowest BCUT2D eigenvalue weighted by Gasteiger charge is -2.13. The zero-order chi connectivity index (χ0) is 38.1. The fourth-order valence-electron chi connectivity index (χ4n) is 3.70. The largest absolute Gasteiger partial charge is 0.497 e. The Balaban J connectivity index is 0.000000273. The molecule has 4 rings (SSSR count). The van der Waals surface area contributed by atoms with Crippen LogP contribution in [0.4, 0.5) is 39.5 Å². The van der Waals surface area contributed by atoms with Crippen molar-refractivity contribution in [2.75, 3.05) is 21.3 Å². The summed E-state index contributed by atoms with van der Waals surface area (Å²) in [4.78, 5) is 2.59. The van der Waals surface area contributed by atoms with E-state index >= 15 is 0 Å². The van der Waals surface area contributed by atoms with Gasteiger partial charge in [-0.15, -0.1) is 0 Å². The topological polar surface area (TPSA) is 109 Å². The summed E-state index contributed by atoms with van der Waals surface area (Å²) in [5.41, 5.74) is -2.43. The normalized spacial score (nSPS) is 12.1. The standard InChI is InChI=1S/C14H12F3NO3S.C8H6ClF3O3S.C8H7F3O/c1-21-12-5-4-11(14(15,16)17)7-13(12)22(19,20)9-10-3-2-6-18-8-10;1-15-6-3-2-5(8(10,11)12)4-7(6)16(9,13)14;1-12-7-4-2-6(3-5-7)8(9,10)11/h2-8H,9H2,1H3;2-4H,1H3;2-5H,1H3. The minimum absolute atomic E-state index is 0.128. The molecular formula is C30H25ClF9NO7S2. The Kier molecular flexibility index (Phi) is 14.0. The highest BCUT2D eigenvalue weighted by Crippen LogP contribution is 2.37. The lowest BCUT2D eigenvalue weighted by molar-refractivity contribution is -0.138. The van der Waals surface area contributed by atoms with E-state index in [0.717, 1.165) is 37.4 Å². The van der Waals surface area contributed by atoms with Gasteiger partial charge >= 0.3 is 18.5 Å². The Hall–Kier alpha value is -4.23. The molecule has 0 aliphatic rings. The number of alkyl halides is 9. The maximum atomic E-state index is 12.8. The molecule has 0 aliphatic heterocycles. The number of rotatable bonds is 7. The molecular weight excluding hydrogens is 757 g/mol. The molecule has 1 heterocycles. The average molecular weight is 782 g/mol. The van der Waals surface area contributed by atoms with E-state index in [1.807, 2.05) is 0 Å². The second-order valence-electron chi connectivity index (χ2n) is 9.51. The van der Waals surface area contributed by atoms with Crippen molar-refractivity contribution in [2.45, 2.75) is 34.1 Å². The van der Waals surface area contributed by atoms with Crippen LogP contribution in [0.1, 0.15) is 22.3 Å². The second-order valence-corrected chi connectivity index (χ2v) is 14.0. The van der Waals surface area contributed by atoms with Gasteiger partial charge in [-0.2, -0.15) is 39.5 Å². The van der Waals surface area contributed by atoms with Gasteiger partial charge in [-0.05, 0) is 72.3 Å². The molecule has 0 aliphatic carbocycles. The molecule has 0 atom stereocenters. The molecule has 0 bridgehead atoms. The van der Waals surface area contributed by atoms with Gasteiger partial charge in [0.05, 0.1) is 43.8 Å². The second kappa shape index (κ2) is 16.7. The average Bonchev–Trinajstić information content (AvgIpc) is 3.03. The van der Waals surface area contributed by atoms with Crippen LogP contribution in [0, 0.1) is 0 Å². The monoisotopic (exact) mass is 781 g/mol. The lowest BCUT2D eigenvalue weighted by atomic mass is 10.2. The number of pyridine rings is 1. The van der Waals surface area contributed by atoms with Crippen molar-refractivity contribution < 1.29 is 70.6 Å². The van der Waals surface area contributed by atoms with E-state index in [0.29, 0.717) is 29.5 Å². The molecule has 1 aromatic heterocycles. The van der Waals surface area contributed by atoms with Gasteiger partial charge in [0.15, 0.2) is 9.84 Å². The van der Waals surface area contributed by atoms with Crippen LogP contribution in [0.2, 0.25) is 0 Å². The molecule has 0 fully saturated rings. The first-order chi connectivity index (χ1) is 22.9. The van der Waals surface area contributed by atoms with Gasteiger partial charge in [-0.1, -0.05) is 6.07 Å². The molecule has 3 aromatic carbocycles. The van der Waals surface area contributed by atoms with Gasteiger partial charge in [-0.25, -0.2) is 16.8 Å². The summed E-state index contributed by atoms with van der Waals surface area (Å²) in [5, 5.41) is 0. The highest BCUT2D eigenvalue weighted by atomic mass is 35.7. The van der Waals surface area contributed by atoms with E-state index in [2.05, 4.69) is 9.72 Å². The van der Waals surface area contributed by atoms with E-state index in [1.165, 1.54) is 44.8 Å². The summed E-state index contributed by atoms with van der Waals surface area (Å²) in [6.07, 6.45) is -10.7. The van der Waals surface area contributed by atoms with Crippen molar-refractivity contribution in [3.05, 3.63) is 107 Å². The van der Waals surface area contributed by atoms with Crippen LogP contribution in [0.25, 0.3) is 0 Å². The summed E-state index contributed by atoms with van der Waals surface area (Å²) < 4.78 is 172. The Morgan fingerprint density at radius 2 is 1.06 bits per heavy atom. The quantitative estimate of drug-likeness (QED) is 0.136. The molecule has 0 saturated heterocycles. The van der Waals surface area contributed by atoms with E-state index in [4.69, 9.17) is 20.2 Å². The van der Waals surface area contributed by atoms with E-state index < -0.39 is 69.7 Å². The maximum absolute atomic E-state index is 12.8. The predicted molar refractivity (Wildman–Crippen MR) is 162 cm³/mol. The molecule has 274 valence electrons. The van der Waals surface area contributed by atoms with Gasteiger partial charge in [-0.3, -0.25) is 4.98 Å². The first-order valence-corrected chi connectivity index (χ1v) is 17.2. The number of sulfone groups is 1. The van der Waals surface area contributed by atoms with Crippen LogP contribution in [-0.2, 0) is 43.2 Å². The summed E-state index contributed by atoms with van der Waals surface area (Å²) in [7, 11) is 0.443. The van der Waals surface area contributed by atoms with Crippen LogP contribution in [0.15, 0.2) is 95.0 Å². The van der Waals surface area contributed by atoms with Crippen molar-refractivity contribution in [2.24, 2.45) is 0 Å². The van der Waals surface area contributed by atoms with Gasteiger partial charge in [0, 0.05) is 23.1 Å². The third-order valence-corrected chi connectivity index (χ3v) is 9.12. The molecule has 0 radical (unpaired) electrons. The Labute approximate surface area is 284 Å². The molecule has 0 saturated carbocycles.